The van der Waals surface area contributed by atoms with E-state index in [-0.39, 0.29) is 5.56 Å². The number of rotatable bonds is 2. The van der Waals surface area contributed by atoms with Crippen molar-refractivity contribution < 1.29 is 4.79 Å². The van der Waals surface area contributed by atoms with Crippen molar-refractivity contribution in [3.8, 4) is 0 Å². The fourth-order valence-corrected chi connectivity index (χ4v) is 2.03. The molecule has 0 spiro atoms. The Balaban J connectivity index is 2.27. The van der Waals surface area contributed by atoms with Crippen molar-refractivity contribution in [2.45, 2.75) is 6.92 Å². The molecule has 1 aromatic heterocycles. The molecule has 0 saturated carbocycles. The topological polar surface area (TPSA) is 62.0 Å². The number of hydrogen-bond acceptors (Lipinski definition) is 2. The van der Waals surface area contributed by atoms with E-state index in [4.69, 9.17) is 0 Å². The Morgan fingerprint density at radius 2 is 2.11 bits per heavy atom. The summed E-state index contributed by atoms with van der Waals surface area (Å²) >= 11 is 3.35. The summed E-state index contributed by atoms with van der Waals surface area (Å²) in [6.07, 6.45) is 1.49. The molecule has 0 bridgehead atoms. The lowest BCUT2D eigenvalue weighted by molar-refractivity contribution is 0.102. The van der Waals surface area contributed by atoms with Crippen LogP contribution in [-0.2, 0) is 0 Å². The molecule has 1 heterocycles. The van der Waals surface area contributed by atoms with Crippen LogP contribution in [0.4, 0.5) is 5.69 Å². The first-order chi connectivity index (χ1) is 8.58. The number of halogens is 1. The molecule has 0 atom stereocenters. The molecule has 18 heavy (non-hydrogen) atoms. The lowest BCUT2D eigenvalue weighted by Gasteiger charge is -2.08. The van der Waals surface area contributed by atoms with Gasteiger partial charge in [0.2, 0.25) is 0 Å². The van der Waals surface area contributed by atoms with Gasteiger partial charge < -0.3 is 10.3 Å². The van der Waals surface area contributed by atoms with E-state index in [2.05, 4.69) is 26.2 Å². The van der Waals surface area contributed by atoms with Crippen molar-refractivity contribution in [1.82, 2.24) is 4.98 Å². The number of pyridine rings is 1. The number of aromatic nitrogens is 1. The number of carbonyl (C=O) groups excluding carboxylic acids is 1. The third-order valence-electron chi connectivity index (χ3n) is 2.50. The van der Waals surface area contributed by atoms with Crippen LogP contribution in [0.5, 0.6) is 0 Å². The molecular weight excluding hydrogens is 296 g/mol. The van der Waals surface area contributed by atoms with E-state index >= 15 is 0 Å². The van der Waals surface area contributed by atoms with E-state index in [1.807, 2.05) is 19.1 Å². The van der Waals surface area contributed by atoms with Crippen LogP contribution in [0.3, 0.4) is 0 Å². The van der Waals surface area contributed by atoms with Gasteiger partial charge in [0, 0.05) is 16.4 Å². The van der Waals surface area contributed by atoms with Crippen molar-refractivity contribution in [2.24, 2.45) is 0 Å². The molecule has 1 amide bonds. The summed E-state index contributed by atoms with van der Waals surface area (Å²) < 4.78 is 0.940. The van der Waals surface area contributed by atoms with E-state index in [0.717, 1.165) is 10.0 Å². The first-order valence-corrected chi connectivity index (χ1v) is 6.12. The summed E-state index contributed by atoms with van der Waals surface area (Å²) in [5.41, 5.74) is 1.31. The van der Waals surface area contributed by atoms with Crippen LogP contribution in [0.25, 0.3) is 0 Å². The third kappa shape index (κ3) is 2.68. The van der Waals surface area contributed by atoms with E-state index in [1.54, 1.807) is 12.1 Å². The Hall–Kier alpha value is -1.88. The zero-order valence-electron chi connectivity index (χ0n) is 9.66. The average molecular weight is 307 g/mol. The van der Waals surface area contributed by atoms with Crippen LogP contribution in [0.15, 0.2) is 45.8 Å². The fraction of sp³-hybridized carbons (Fsp3) is 0.0769. The van der Waals surface area contributed by atoms with Crippen LogP contribution in [-0.4, -0.2) is 10.9 Å². The lowest BCUT2D eigenvalue weighted by atomic mass is 10.2. The number of hydrogen-bond donors (Lipinski definition) is 2. The molecule has 0 fully saturated rings. The van der Waals surface area contributed by atoms with Gasteiger partial charge in [-0.15, -0.1) is 0 Å². The summed E-state index contributed by atoms with van der Waals surface area (Å²) in [6.45, 7) is 1.88. The summed E-state index contributed by atoms with van der Waals surface area (Å²) in [5.74, 6) is -0.415. The van der Waals surface area contributed by atoms with Gasteiger partial charge in [-0.1, -0.05) is 15.9 Å². The minimum absolute atomic E-state index is 0.0971. The molecule has 4 nitrogen and oxygen atoms in total. The molecule has 2 rings (SSSR count). The van der Waals surface area contributed by atoms with Gasteiger partial charge in [0.25, 0.3) is 11.5 Å². The Labute approximate surface area is 112 Å². The first kappa shape index (κ1) is 12.6. The number of carbonyl (C=O) groups is 1. The summed E-state index contributed by atoms with van der Waals surface area (Å²) in [4.78, 5) is 25.9. The second kappa shape index (κ2) is 5.18. The highest BCUT2D eigenvalue weighted by atomic mass is 79.9. The van der Waals surface area contributed by atoms with Crippen LogP contribution >= 0.6 is 15.9 Å². The standard InChI is InChI=1S/C13H11BrN2O2/c1-8-7-9(14)4-5-11(8)16-13(18)10-3-2-6-15-12(10)17/h2-7H,1H3,(H,15,17)(H,16,18). The van der Waals surface area contributed by atoms with E-state index < -0.39 is 11.5 Å². The Morgan fingerprint density at radius 3 is 2.78 bits per heavy atom. The minimum Gasteiger partial charge on any atom is -0.328 e. The maximum atomic E-state index is 11.9. The van der Waals surface area contributed by atoms with Gasteiger partial charge in [-0.25, -0.2) is 0 Å². The first-order valence-electron chi connectivity index (χ1n) is 5.33. The zero-order chi connectivity index (χ0) is 13.1. The lowest BCUT2D eigenvalue weighted by Crippen LogP contribution is -2.22. The Bertz CT molecular complexity index is 649. The highest BCUT2D eigenvalue weighted by molar-refractivity contribution is 9.10. The highest BCUT2D eigenvalue weighted by Crippen LogP contribution is 2.20. The van der Waals surface area contributed by atoms with E-state index in [9.17, 15) is 9.59 Å². The maximum Gasteiger partial charge on any atom is 0.261 e. The normalized spacial score (nSPS) is 10.1. The third-order valence-corrected chi connectivity index (χ3v) is 2.99. The maximum absolute atomic E-state index is 11.9. The summed E-state index contributed by atoms with van der Waals surface area (Å²) in [7, 11) is 0. The number of H-pyrrole nitrogens is 1. The van der Waals surface area contributed by atoms with Crippen molar-refractivity contribution >= 4 is 27.5 Å². The predicted molar refractivity (Wildman–Crippen MR) is 73.9 cm³/mol. The molecule has 2 aromatic rings. The molecular formula is C13H11BrN2O2. The average Bonchev–Trinajstić information content (AvgIpc) is 2.33. The molecule has 1 aromatic carbocycles. The Morgan fingerprint density at radius 1 is 1.33 bits per heavy atom. The number of benzene rings is 1. The van der Waals surface area contributed by atoms with Crippen LogP contribution in [0, 0.1) is 6.92 Å². The monoisotopic (exact) mass is 306 g/mol. The van der Waals surface area contributed by atoms with Crippen molar-refractivity contribution in [3.63, 3.8) is 0 Å². The number of aromatic amines is 1. The fourth-order valence-electron chi connectivity index (χ4n) is 1.56. The molecule has 2 N–H and O–H groups in total. The molecule has 0 aliphatic rings. The van der Waals surface area contributed by atoms with Gasteiger partial charge in [0.1, 0.15) is 5.56 Å². The van der Waals surface area contributed by atoms with Gasteiger partial charge in [0.15, 0.2) is 0 Å². The molecule has 0 radical (unpaired) electrons. The number of nitrogens with one attached hydrogen (secondary N) is 2. The second-order valence-electron chi connectivity index (χ2n) is 3.83. The SMILES string of the molecule is Cc1cc(Br)ccc1NC(=O)c1ccc[nH]c1=O. The molecule has 0 saturated heterocycles. The van der Waals surface area contributed by atoms with Gasteiger partial charge in [0.05, 0.1) is 0 Å². The largest absolute Gasteiger partial charge is 0.328 e. The number of amides is 1. The molecule has 0 unspecified atom stereocenters. The molecule has 0 aliphatic heterocycles. The van der Waals surface area contributed by atoms with Gasteiger partial charge >= 0.3 is 0 Å². The predicted octanol–water partition coefficient (Wildman–Crippen LogP) is 2.70. The van der Waals surface area contributed by atoms with Gasteiger partial charge in [-0.2, -0.15) is 0 Å². The van der Waals surface area contributed by atoms with Crippen molar-refractivity contribution in [1.29, 1.82) is 0 Å². The second-order valence-corrected chi connectivity index (χ2v) is 4.74. The summed E-state index contributed by atoms with van der Waals surface area (Å²) in [6, 6.07) is 8.62. The number of anilines is 1. The van der Waals surface area contributed by atoms with Crippen LogP contribution in [0.2, 0.25) is 0 Å². The van der Waals surface area contributed by atoms with Crippen molar-refractivity contribution in [3.05, 3.63) is 62.5 Å². The Kier molecular flexibility index (Phi) is 3.62. The van der Waals surface area contributed by atoms with Crippen LogP contribution in [0.1, 0.15) is 15.9 Å². The molecule has 92 valence electrons. The van der Waals surface area contributed by atoms with E-state index in [1.165, 1.54) is 12.3 Å². The van der Waals surface area contributed by atoms with E-state index in [0.29, 0.717) is 5.69 Å². The minimum atomic E-state index is -0.415. The zero-order valence-corrected chi connectivity index (χ0v) is 11.2. The quantitative estimate of drug-likeness (QED) is 0.896. The highest BCUT2D eigenvalue weighted by Gasteiger charge is 2.10. The van der Waals surface area contributed by atoms with Crippen molar-refractivity contribution in [2.75, 3.05) is 5.32 Å². The summed E-state index contributed by atoms with van der Waals surface area (Å²) in [5, 5.41) is 2.71. The van der Waals surface area contributed by atoms with Gasteiger partial charge in [-0.3, -0.25) is 9.59 Å². The number of aryl methyl sites for hydroxylation is 1. The molecule has 5 heteroatoms. The van der Waals surface area contributed by atoms with Gasteiger partial charge in [-0.05, 0) is 42.8 Å². The smallest absolute Gasteiger partial charge is 0.261 e. The van der Waals surface area contributed by atoms with Crippen LogP contribution < -0.4 is 10.9 Å². The molecule has 0 aliphatic carbocycles.